The molecule has 3 rings (SSSR count). The van der Waals surface area contributed by atoms with E-state index in [4.69, 9.17) is 4.74 Å². The molecule has 0 unspecified atom stereocenters. The Morgan fingerprint density at radius 2 is 1.79 bits per heavy atom. The average molecular weight is 388 g/mol. The van der Waals surface area contributed by atoms with Crippen molar-refractivity contribution < 1.29 is 27.9 Å². The lowest BCUT2D eigenvalue weighted by Gasteiger charge is -2.14. The number of halogens is 2. The van der Waals surface area contributed by atoms with Gasteiger partial charge in [0.2, 0.25) is 11.8 Å². The molecule has 0 radical (unpaired) electrons. The third-order valence-corrected chi connectivity index (χ3v) is 4.48. The number of carbonyl (C=O) groups is 3. The Labute approximate surface area is 160 Å². The van der Waals surface area contributed by atoms with Gasteiger partial charge in [-0.25, -0.2) is 8.78 Å². The maximum atomic E-state index is 14.4. The van der Waals surface area contributed by atoms with Crippen LogP contribution in [0, 0.1) is 11.6 Å². The quantitative estimate of drug-likeness (QED) is 0.772. The smallest absolute Gasteiger partial charge is 0.254 e. The number of rotatable bonds is 6. The highest BCUT2D eigenvalue weighted by Gasteiger charge is 2.28. The molecule has 0 saturated carbocycles. The molecule has 3 amide bonds. The Balaban J connectivity index is 1.67. The van der Waals surface area contributed by atoms with E-state index < -0.39 is 17.5 Å². The summed E-state index contributed by atoms with van der Waals surface area (Å²) in [7, 11) is 1.41. The molecule has 1 aliphatic heterocycles. The van der Waals surface area contributed by atoms with Crippen LogP contribution >= 0.6 is 0 Å². The Hall–Kier alpha value is -3.29. The van der Waals surface area contributed by atoms with Gasteiger partial charge in [0.25, 0.3) is 5.91 Å². The summed E-state index contributed by atoms with van der Waals surface area (Å²) in [5, 5.41) is 2.48. The molecule has 0 aromatic heterocycles. The Kier molecular flexibility index (Phi) is 5.67. The third kappa shape index (κ3) is 4.00. The minimum absolute atomic E-state index is 0.0185. The van der Waals surface area contributed by atoms with Gasteiger partial charge in [-0.1, -0.05) is 6.07 Å². The van der Waals surface area contributed by atoms with Crippen LogP contribution in [0.3, 0.4) is 0 Å². The topological polar surface area (TPSA) is 75.7 Å². The molecule has 0 aliphatic carbocycles. The number of carbonyl (C=O) groups excluding carboxylic acids is 3. The van der Waals surface area contributed by atoms with Gasteiger partial charge in [0, 0.05) is 37.6 Å². The van der Waals surface area contributed by atoms with E-state index in [1.807, 2.05) is 0 Å². The van der Waals surface area contributed by atoms with Crippen molar-refractivity contribution in [2.75, 3.05) is 20.2 Å². The first-order valence-electron chi connectivity index (χ1n) is 8.65. The van der Waals surface area contributed by atoms with Crippen molar-refractivity contribution in [2.24, 2.45) is 0 Å². The predicted molar refractivity (Wildman–Crippen MR) is 96.6 cm³/mol. The van der Waals surface area contributed by atoms with Crippen LogP contribution < -0.4 is 10.1 Å². The lowest BCUT2D eigenvalue weighted by Crippen LogP contribution is -2.37. The monoisotopic (exact) mass is 388 g/mol. The molecule has 0 spiro atoms. The summed E-state index contributed by atoms with van der Waals surface area (Å²) in [4.78, 5) is 36.3. The van der Waals surface area contributed by atoms with E-state index >= 15 is 0 Å². The van der Waals surface area contributed by atoms with Crippen molar-refractivity contribution >= 4 is 17.7 Å². The van der Waals surface area contributed by atoms with Crippen LogP contribution in [0.1, 0.15) is 23.2 Å². The van der Waals surface area contributed by atoms with Crippen LogP contribution in [-0.2, 0) is 9.59 Å². The summed E-state index contributed by atoms with van der Waals surface area (Å²) < 4.78 is 33.5. The van der Waals surface area contributed by atoms with Gasteiger partial charge in [-0.3, -0.25) is 19.3 Å². The number of imide groups is 1. The van der Waals surface area contributed by atoms with Crippen molar-refractivity contribution in [1.29, 1.82) is 0 Å². The van der Waals surface area contributed by atoms with Gasteiger partial charge in [-0.2, -0.15) is 0 Å². The summed E-state index contributed by atoms with van der Waals surface area (Å²) in [5.41, 5.74) is 0.247. The maximum absolute atomic E-state index is 14.4. The number of likely N-dealkylation sites (tertiary alicyclic amines) is 1. The highest BCUT2D eigenvalue weighted by molar-refractivity contribution is 6.02. The third-order valence-electron chi connectivity index (χ3n) is 4.48. The summed E-state index contributed by atoms with van der Waals surface area (Å²) in [5.74, 6) is -2.28. The molecular formula is C20H18F2N2O4. The van der Waals surface area contributed by atoms with E-state index in [2.05, 4.69) is 5.32 Å². The SMILES string of the molecule is COc1ccc(-c2ccc(C(=O)NCCN3C(=O)CCC3=O)c(F)c2)c(F)c1. The second kappa shape index (κ2) is 8.16. The van der Waals surface area contributed by atoms with Crippen LogP contribution in [0.4, 0.5) is 8.78 Å². The van der Waals surface area contributed by atoms with E-state index in [1.54, 1.807) is 6.07 Å². The Morgan fingerprint density at radius 1 is 1.07 bits per heavy atom. The van der Waals surface area contributed by atoms with Gasteiger partial charge < -0.3 is 10.1 Å². The number of ether oxygens (including phenoxy) is 1. The van der Waals surface area contributed by atoms with Crippen molar-refractivity contribution in [3.63, 3.8) is 0 Å². The first-order valence-corrected chi connectivity index (χ1v) is 8.65. The molecule has 1 N–H and O–H groups in total. The number of nitrogens with zero attached hydrogens (tertiary/aromatic N) is 1. The van der Waals surface area contributed by atoms with E-state index in [1.165, 1.54) is 31.4 Å². The van der Waals surface area contributed by atoms with Gasteiger partial charge in [0.15, 0.2) is 0 Å². The first-order chi connectivity index (χ1) is 13.4. The maximum Gasteiger partial charge on any atom is 0.254 e. The number of amides is 3. The Morgan fingerprint density at radius 3 is 2.39 bits per heavy atom. The number of hydrogen-bond donors (Lipinski definition) is 1. The van der Waals surface area contributed by atoms with E-state index in [0.29, 0.717) is 5.75 Å². The molecule has 0 bridgehead atoms. The zero-order valence-corrected chi connectivity index (χ0v) is 15.1. The van der Waals surface area contributed by atoms with Crippen molar-refractivity contribution in [3.8, 4) is 16.9 Å². The fraction of sp³-hybridized carbons (Fsp3) is 0.250. The Bertz CT molecular complexity index is 930. The summed E-state index contributed by atoms with van der Waals surface area (Å²) in [6.07, 6.45) is 0.343. The fourth-order valence-electron chi connectivity index (χ4n) is 2.97. The highest BCUT2D eigenvalue weighted by atomic mass is 19.1. The molecule has 28 heavy (non-hydrogen) atoms. The largest absolute Gasteiger partial charge is 0.497 e. The van der Waals surface area contributed by atoms with Gasteiger partial charge >= 0.3 is 0 Å². The molecule has 8 heteroatoms. The molecule has 1 heterocycles. The normalized spacial score (nSPS) is 13.8. The van der Waals surface area contributed by atoms with Crippen LogP contribution in [0.5, 0.6) is 5.75 Å². The first kappa shape index (κ1) is 19.5. The van der Waals surface area contributed by atoms with Gasteiger partial charge in [0.05, 0.1) is 12.7 Å². The molecule has 146 valence electrons. The zero-order valence-electron chi connectivity index (χ0n) is 15.1. The lowest BCUT2D eigenvalue weighted by atomic mass is 10.0. The van der Waals surface area contributed by atoms with Crippen LogP contribution in [0.2, 0.25) is 0 Å². The van der Waals surface area contributed by atoms with Crippen LogP contribution in [-0.4, -0.2) is 42.8 Å². The highest BCUT2D eigenvalue weighted by Crippen LogP contribution is 2.27. The summed E-state index contributed by atoms with van der Waals surface area (Å²) >= 11 is 0. The van der Waals surface area contributed by atoms with Gasteiger partial charge in [0.1, 0.15) is 17.4 Å². The molecule has 1 saturated heterocycles. The number of nitrogens with one attached hydrogen (secondary N) is 1. The van der Waals surface area contributed by atoms with Crippen LogP contribution in [0.15, 0.2) is 36.4 Å². The standard InChI is InChI=1S/C20H18F2N2O4/c1-28-13-3-5-14(17(22)11-13)12-2-4-15(16(21)10-12)20(27)23-8-9-24-18(25)6-7-19(24)26/h2-5,10-11H,6-9H2,1H3,(H,23,27). The average Bonchev–Trinajstić information content (AvgIpc) is 2.99. The molecule has 1 fully saturated rings. The number of benzene rings is 2. The molecule has 2 aromatic carbocycles. The second-order valence-electron chi connectivity index (χ2n) is 6.24. The van der Waals surface area contributed by atoms with E-state index in [9.17, 15) is 23.2 Å². The number of methoxy groups -OCH3 is 1. The van der Waals surface area contributed by atoms with Gasteiger partial charge in [-0.05, 0) is 29.8 Å². The summed E-state index contributed by atoms with van der Waals surface area (Å²) in [6.45, 7) is 0.0603. The molecule has 0 atom stereocenters. The molecule has 2 aromatic rings. The van der Waals surface area contributed by atoms with E-state index in [0.717, 1.165) is 11.0 Å². The predicted octanol–water partition coefficient (Wildman–Crippen LogP) is 2.52. The minimum Gasteiger partial charge on any atom is -0.497 e. The fourth-order valence-corrected chi connectivity index (χ4v) is 2.97. The molecular weight excluding hydrogens is 370 g/mol. The van der Waals surface area contributed by atoms with Crippen LogP contribution in [0.25, 0.3) is 11.1 Å². The molecule has 6 nitrogen and oxygen atoms in total. The minimum atomic E-state index is -0.807. The van der Waals surface area contributed by atoms with Crippen molar-refractivity contribution in [3.05, 3.63) is 53.6 Å². The summed E-state index contributed by atoms with van der Waals surface area (Å²) in [6, 6.07) is 7.99. The zero-order chi connectivity index (χ0) is 20.3. The second-order valence-corrected chi connectivity index (χ2v) is 6.24. The van der Waals surface area contributed by atoms with Crippen molar-refractivity contribution in [2.45, 2.75) is 12.8 Å². The van der Waals surface area contributed by atoms with Crippen molar-refractivity contribution in [1.82, 2.24) is 10.2 Å². The molecule has 1 aliphatic rings. The van der Waals surface area contributed by atoms with E-state index in [-0.39, 0.29) is 54.4 Å². The lowest BCUT2D eigenvalue weighted by molar-refractivity contribution is -0.138. The number of hydrogen-bond acceptors (Lipinski definition) is 4. The van der Waals surface area contributed by atoms with Gasteiger partial charge in [-0.15, -0.1) is 0 Å².